The first-order valence-electron chi connectivity index (χ1n) is 4.64. The number of hydrogen-bond acceptors (Lipinski definition) is 3. The number of thiazole rings is 1. The van der Waals surface area contributed by atoms with Crippen molar-refractivity contribution in [2.45, 2.75) is 39.2 Å². The Kier molecular flexibility index (Phi) is 1.96. The molecule has 1 saturated carbocycles. The maximum Gasteiger partial charge on any atom is 0.0966 e. The zero-order valence-corrected chi connectivity index (χ0v) is 9.06. The third-order valence-corrected chi connectivity index (χ3v) is 3.76. The molecule has 2 atom stereocenters. The first kappa shape index (κ1) is 9.16. The van der Waals surface area contributed by atoms with Crippen molar-refractivity contribution in [1.29, 1.82) is 0 Å². The van der Waals surface area contributed by atoms with Gasteiger partial charge in [-0.25, -0.2) is 4.98 Å². The van der Waals surface area contributed by atoms with E-state index in [1.54, 1.807) is 18.3 Å². The molecule has 3 heteroatoms. The summed E-state index contributed by atoms with van der Waals surface area (Å²) in [5.41, 5.74) is 1.26. The highest BCUT2D eigenvalue weighted by atomic mass is 32.1. The fourth-order valence-corrected chi connectivity index (χ4v) is 2.76. The van der Waals surface area contributed by atoms with Crippen molar-refractivity contribution in [2.75, 3.05) is 0 Å². The molecule has 0 spiro atoms. The summed E-state index contributed by atoms with van der Waals surface area (Å²) in [6.45, 7) is 6.29. The fraction of sp³-hybridized carbons (Fsp3) is 0.700. The van der Waals surface area contributed by atoms with E-state index in [0.717, 1.165) is 5.69 Å². The van der Waals surface area contributed by atoms with Crippen LogP contribution in [0.25, 0.3) is 0 Å². The maximum absolute atomic E-state index is 9.31. The van der Waals surface area contributed by atoms with Crippen LogP contribution in [0.1, 0.15) is 49.9 Å². The van der Waals surface area contributed by atoms with E-state index in [1.165, 1.54) is 11.4 Å². The molecule has 13 heavy (non-hydrogen) atoms. The number of aromatic nitrogens is 1. The Balaban J connectivity index is 2.16. The maximum atomic E-state index is 9.31. The predicted molar refractivity (Wildman–Crippen MR) is 53.9 cm³/mol. The first-order chi connectivity index (χ1) is 6.00. The van der Waals surface area contributed by atoms with Gasteiger partial charge >= 0.3 is 0 Å². The lowest BCUT2D eigenvalue weighted by atomic mass is 10.1. The van der Waals surface area contributed by atoms with Crippen molar-refractivity contribution in [3.63, 3.8) is 0 Å². The molecule has 0 aromatic carbocycles. The minimum Gasteiger partial charge on any atom is -0.387 e. The highest BCUT2D eigenvalue weighted by molar-refractivity contribution is 7.09. The lowest BCUT2D eigenvalue weighted by Crippen LogP contribution is -1.93. The summed E-state index contributed by atoms with van der Waals surface area (Å²) in [4.78, 5) is 4.44. The Morgan fingerprint density at radius 1 is 1.69 bits per heavy atom. The molecule has 0 radical (unpaired) electrons. The molecular weight excluding hydrogens is 182 g/mol. The van der Waals surface area contributed by atoms with E-state index in [2.05, 4.69) is 18.8 Å². The van der Waals surface area contributed by atoms with Crippen molar-refractivity contribution >= 4 is 11.3 Å². The number of rotatable bonds is 2. The van der Waals surface area contributed by atoms with E-state index in [-0.39, 0.29) is 0 Å². The van der Waals surface area contributed by atoms with Crippen molar-refractivity contribution < 1.29 is 5.11 Å². The summed E-state index contributed by atoms with van der Waals surface area (Å²) < 4.78 is 0. The van der Waals surface area contributed by atoms with Crippen LogP contribution in [0.15, 0.2) is 5.38 Å². The van der Waals surface area contributed by atoms with Crippen molar-refractivity contribution in [3.8, 4) is 0 Å². The minimum atomic E-state index is -0.424. The fourth-order valence-electron chi connectivity index (χ4n) is 1.54. The third kappa shape index (κ3) is 1.63. The van der Waals surface area contributed by atoms with Crippen LogP contribution in [0.5, 0.6) is 0 Å². The van der Waals surface area contributed by atoms with Gasteiger partial charge in [0.15, 0.2) is 0 Å². The lowest BCUT2D eigenvalue weighted by Gasteiger charge is -1.99. The topological polar surface area (TPSA) is 33.1 Å². The van der Waals surface area contributed by atoms with Gasteiger partial charge in [0.2, 0.25) is 0 Å². The number of hydrogen-bond donors (Lipinski definition) is 1. The average molecular weight is 197 g/mol. The monoisotopic (exact) mass is 197 g/mol. The zero-order chi connectivity index (χ0) is 9.64. The van der Waals surface area contributed by atoms with Crippen LogP contribution >= 0.6 is 11.3 Å². The SMILES string of the molecule is CC(O)c1csc(C2CC2(C)C)n1. The second-order valence-corrected chi connectivity index (χ2v) is 5.42. The molecule has 1 aliphatic rings. The largest absolute Gasteiger partial charge is 0.387 e. The summed E-state index contributed by atoms with van der Waals surface area (Å²) in [7, 11) is 0. The van der Waals surface area contributed by atoms with Gasteiger partial charge < -0.3 is 5.11 Å². The first-order valence-corrected chi connectivity index (χ1v) is 5.52. The van der Waals surface area contributed by atoms with Crippen LogP contribution < -0.4 is 0 Å². The highest BCUT2D eigenvalue weighted by Gasteiger charge is 2.48. The molecule has 1 aromatic heterocycles. The molecule has 72 valence electrons. The molecule has 0 saturated heterocycles. The quantitative estimate of drug-likeness (QED) is 0.790. The predicted octanol–water partition coefficient (Wildman–Crippen LogP) is 2.71. The summed E-state index contributed by atoms with van der Waals surface area (Å²) in [5, 5.41) is 12.5. The molecule has 0 aliphatic heterocycles. The second kappa shape index (κ2) is 2.79. The molecule has 1 heterocycles. The Labute approximate surface area is 82.6 Å². The summed E-state index contributed by atoms with van der Waals surface area (Å²) >= 11 is 1.68. The van der Waals surface area contributed by atoms with E-state index in [4.69, 9.17) is 0 Å². The van der Waals surface area contributed by atoms with Crippen molar-refractivity contribution in [3.05, 3.63) is 16.1 Å². The average Bonchev–Trinajstić information content (AvgIpc) is 2.50. The molecule has 1 N–H and O–H groups in total. The van der Waals surface area contributed by atoms with Gasteiger partial charge in [0.05, 0.1) is 16.8 Å². The summed E-state index contributed by atoms with van der Waals surface area (Å²) in [5.74, 6) is 0.630. The minimum absolute atomic E-state index is 0.424. The van der Waals surface area contributed by atoms with Crippen LogP contribution in [0, 0.1) is 5.41 Å². The Morgan fingerprint density at radius 2 is 2.31 bits per heavy atom. The molecule has 1 fully saturated rings. The van der Waals surface area contributed by atoms with E-state index < -0.39 is 6.10 Å². The Hall–Kier alpha value is -0.410. The van der Waals surface area contributed by atoms with Gasteiger partial charge in [-0.15, -0.1) is 11.3 Å². The van der Waals surface area contributed by atoms with Crippen LogP contribution in [0.2, 0.25) is 0 Å². The van der Waals surface area contributed by atoms with Gasteiger partial charge in [-0.1, -0.05) is 13.8 Å². The van der Waals surface area contributed by atoms with Crippen LogP contribution in [-0.4, -0.2) is 10.1 Å². The van der Waals surface area contributed by atoms with Crippen molar-refractivity contribution in [1.82, 2.24) is 4.98 Å². The zero-order valence-electron chi connectivity index (χ0n) is 8.24. The van der Waals surface area contributed by atoms with Crippen LogP contribution in [-0.2, 0) is 0 Å². The van der Waals surface area contributed by atoms with Gasteiger partial charge in [0.25, 0.3) is 0 Å². The summed E-state index contributed by atoms with van der Waals surface area (Å²) in [6.07, 6.45) is 0.812. The molecule has 1 aromatic rings. The molecule has 1 aliphatic carbocycles. The molecular formula is C10H15NOS. The van der Waals surface area contributed by atoms with Gasteiger partial charge in [0.1, 0.15) is 0 Å². The Bertz CT molecular complexity index is 316. The van der Waals surface area contributed by atoms with E-state index in [0.29, 0.717) is 11.3 Å². The third-order valence-electron chi connectivity index (χ3n) is 2.78. The van der Waals surface area contributed by atoms with Gasteiger partial charge in [-0.2, -0.15) is 0 Å². The van der Waals surface area contributed by atoms with Gasteiger partial charge in [-0.05, 0) is 18.8 Å². The second-order valence-electron chi connectivity index (χ2n) is 4.53. The van der Waals surface area contributed by atoms with Crippen LogP contribution in [0.4, 0.5) is 0 Å². The summed E-state index contributed by atoms with van der Waals surface area (Å²) in [6, 6.07) is 0. The smallest absolute Gasteiger partial charge is 0.0966 e. The molecule has 2 nitrogen and oxygen atoms in total. The van der Waals surface area contributed by atoms with Gasteiger partial charge in [0, 0.05) is 11.3 Å². The van der Waals surface area contributed by atoms with E-state index >= 15 is 0 Å². The van der Waals surface area contributed by atoms with E-state index in [1.807, 2.05) is 5.38 Å². The number of aliphatic hydroxyl groups excluding tert-OH is 1. The molecule has 2 rings (SSSR count). The highest BCUT2D eigenvalue weighted by Crippen LogP contribution is 2.59. The number of aliphatic hydroxyl groups is 1. The number of nitrogens with zero attached hydrogens (tertiary/aromatic N) is 1. The van der Waals surface area contributed by atoms with Crippen molar-refractivity contribution in [2.24, 2.45) is 5.41 Å². The molecule has 0 amide bonds. The molecule has 2 unspecified atom stereocenters. The van der Waals surface area contributed by atoms with Crippen LogP contribution in [0.3, 0.4) is 0 Å². The standard InChI is InChI=1S/C10H15NOS/c1-6(12)8-5-13-9(11-8)7-4-10(7,2)3/h5-7,12H,4H2,1-3H3. The normalized spacial score (nSPS) is 27.2. The molecule has 0 bridgehead atoms. The lowest BCUT2D eigenvalue weighted by molar-refractivity contribution is 0.195. The van der Waals surface area contributed by atoms with Gasteiger partial charge in [-0.3, -0.25) is 0 Å². The Morgan fingerprint density at radius 3 is 2.69 bits per heavy atom. The van der Waals surface area contributed by atoms with E-state index in [9.17, 15) is 5.11 Å².